The molecule has 4 rings (SSSR count). The van der Waals surface area contributed by atoms with Crippen molar-refractivity contribution in [1.29, 1.82) is 0 Å². The highest BCUT2D eigenvalue weighted by Crippen LogP contribution is 2.34. The van der Waals surface area contributed by atoms with Crippen molar-refractivity contribution in [3.63, 3.8) is 0 Å². The standard InChI is InChI=1S/C19H13ClO/c1-12-6-8-14(20)11-16(12)13-7-9-19-17(10-13)15-4-2-3-5-18(15)21-19/h2-11H,1H3. The van der Waals surface area contributed by atoms with E-state index in [1.54, 1.807) is 0 Å². The Hall–Kier alpha value is -2.25. The Balaban J connectivity index is 2.02. The summed E-state index contributed by atoms with van der Waals surface area (Å²) < 4.78 is 5.87. The van der Waals surface area contributed by atoms with Gasteiger partial charge in [0.05, 0.1) is 0 Å². The van der Waals surface area contributed by atoms with Gasteiger partial charge in [0.25, 0.3) is 0 Å². The lowest BCUT2D eigenvalue weighted by atomic mass is 9.99. The van der Waals surface area contributed by atoms with E-state index in [1.165, 1.54) is 5.56 Å². The molecule has 0 fully saturated rings. The number of hydrogen-bond acceptors (Lipinski definition) is 1. The number of fused-ring (bicyclic) bond motifs is 3. The minimum Gasteiger partial charge on any atom is -0.456 e. The van der Waals surface area contributed by atoms with Gasteiger partial charge in [0, 0.05) is 15.8 Å². The van der Waals surface area contributed by atoms with Gasteiger partial charge in [-0.05, 0) is 53.9 Å². The summed E-state index contributed by atoms with van der Waals surface area (Å²) in [6.07, 6.45) is 0. The maximum absolute atomic E-state index is 6.14. The Kier molecular flexibility index (Phi) is 2.76. The second-order valence-electron chi connectivity index (χ2n) is 5.27. The first kappa shape index (κ1) is 12.5. The monoisotopic (exact) mass is 292 g/mol. The molecule has 0 bridgehead atoms. The molecule has 0 aliphatic carbocycles. The average Bonchev–Trinajstić information content (AvgIpc) is 2.87. The van der Waals surface area contributed by atoms with E-state index >= 15 is 0 Å². The second-order valence-corrected chi connectivity index (χ2v) is 5.70. The van der Waals surface area contributed by atoms with Crippen molar-refractivity contribution in [2.75, 3.05) is 0 Å². The summed E-state index contributed by atoms with van der Waals surface area (Å²) in [7, 11) is 0. The number of rotatable bonds is 1. The Morgan fingerprint density at radius 3 is 2.52 bits per heavy atom. The molecular formula is C19H13ClO. The molecule has 1 heterocycles. The van der Waals surface area contributed by atoms with Gasteiger partial charge < -0.3 is 4.42 Å². The van der Waals surface area contributed by atoms with E-state index in [4.69, 9.17) is 16.0 Å². The average molecular weight is 293 g/mol. The summed E-state index contributed by atoms with van der Waals surface area (Å²) in [5.41, 5.74) is 5.38. The zero-order chi connectivity index (χ0) is 14.4. The fourth-order valence-corrected chi connectivity index (χ4v) is 2.97. The molecule has 0 atom stereocenters. The molecule has 21 heavy (non-hydrogen) atoms. The summed E-state index contributed by atoms with van der Waals surface area (Å²) in [5, 5.41) is 3.05. The van der Waals surface area contributed by atoms with Crippen LogP contribution >= 0.6 is 11.6 Å². The summed E-state index contributed by atoms with van der Waals surface area (Å²) >= 11 is 6.14. The molecule has 1 aromatic heterocycles. The number of para-hydroxylation sites is 1. The second kappa shape index (κ2) is 4.64. The van der Waals surface area contributed by atoms with Gasteiger partial charge >= 0.3 is 0 Å². The molecule has 0 amide bonds. The predicted octanol–water partition coefficient (Wildman–Crippen LogP) is 6.21. The van der Waals surface area contributed by atoms with Crippen LogP contribution in [0.1, 0.15) is 5.56 Å². The molecule has 0 aliphatic heterocycles. The Morgan fingerprint density at radius 2 is 1.62 bits per heavy atom. The highest BCUT2D eigenvalue weighted by atomic mass is 35.5. The molecule has 3 aromatic carbocycles. The van der Waals surface area contributed by atoms with Crippen LogP contribution in [0.4, 0.5) is 0 Å². The van der Waals surface area contributed by atoms with Gasteiger partial charge in [-0.15, -0.1) is 0 Å². The van der Waals surface area contributed by atoms with Crippen molar-refractivity contribution in [1.82, 2.24) is 0 Å². The van der Waals surface area contributed by atoms with Crippen LogP contribution in [0.3, 0.4) is 0 Å². The number of aryl methyl sites for hydroxylation is 1. The van der Waals surface area contributed by atoms with E-state index in [9.17, 15) is 0 Å². The van der Waals surface area contributed by atoms with Gasteiger partial charge in [-0.2, -0.15) is 0 Å². The molecule has 1 nitrogen and oxygen atoms in total. The minimum absolute atomic E-state index is 0.757. The number of hydrogen-bond donors (Lipinski definition) is 0. The molecule has 0 saturated heterocycles. The fourth-order valence-electron chi connectivity index (χ4n) is 2.80. The lowest BCUT2D eigenvalue weighted by Gasteiger charge is -2.06. The molecule has 0 saturated carbocycles. The Morgan fingerprint density at radius 1 is 0.810 bits per heavy atom. The van der Waals surface area contributed by atoms with Gasteiger partial charge in [0.1, 0.15) is 11.2 Å². The number of furan rings is 1. The van der Waals surface area contributed by atoms with Gasteiger partial charge in [-0.25, -0.2) is 0 Å². The Labute approximate surface area is 127 Å². The third-order valence-electron chi connectivity index (χ3n) is 3.89. The van der Waals surface area contributed by atoms with Gasteiger partial charge in [-0.1, -0.05) is 41.9 Å². The van der Waals surface area contributed by atoms with Crippen molar-refractivity contribution >= 4 is 33.5 Å². The van der Waals surface area contributed by atoms with Crippen LogP contribution in [0.5, 0.6) is 0 Å². The van der Waals surface area contributed by atoms with Crippen molar-refractivity contribution in [2.24, 2.45) is 0 Å². The lowest BCUT2D eigenvalue weighted by Crippen LogP contribution is -1.83. The van der Waals surface area contributed by atoms with E-state index in [-0.39, 0.29) is 0 Å². The summed E-state index contributed by atoms with van der Waals surface area (Å²) in [4.78, 5) is 0. The van der Waals surface area contributed by atoms with Crippen LogP contribution in [-0.2, 0) is 0 Å². The van der Waals surface area contributed by atoms with Crippen LogP contribution in [0, 0.1) is 6.92 Å². The smallest absolute Gasteiger partial charge is 0.135 e. The third-order valence-corrected chi connectivity index (χ3v) is 4.12. The van der Waals surface area contributed by atoms with Gasteiger partial charge in [0.15, 0.2) is 0 Å². The third kappa shape index (κ3) is 2.01. The molecule has 102 valence electrons. The predicted molar refractivity (Wildman–Crippen MR) is 88.9 cm³/mol. The van der Waals surface area contributed by atoms with E-state index in [0.29, 0.717) is 0 Å². The first-order valence-corrected chi connectivity index (χ1v) is 7.28. The van der Waals surface area contributed by atoms with Crippen LogP contribution in [0.25, 0.3) is 33.1 Å². The molecule has 0 aliphatic rings. The van der Waals surface area contributed by atoms with Crippen molar-refractivity contribution < 1.29 is 4.42 Å². The van der Waals surface area contributed by atoms with Gasteiger partial charge in [0.2, 0.25) is 0 Å². The highest BCUT2D eigenvalue weighted by molar-refractivity contribution is 6.30. The largest absolute Gasteiger partial charge is 0.456 e. The first-order chi connectivity index (χ1) is 10.2. The minimum atomic E-state index is 0.757. The van der Waals surface area contributed by atoms with E-state index in [1.807, 2.05) is 36.4 Å². The van der Waals surface area contributed by atoms with Crippen molar-refractivity contribution in [3.05, 3.63) is 71.2 Å². The zero-order valence-corrected chi connectivity index (χ0v) is 12.3. The van der Waals surface area contributed by atoms with Crippen LogP contribution in [0.15, 0.2) is 65.1 Å². The zero-order valence-electron chi connectivity index (χ0n) is 11.6. The maximum atomic E-state index is 6.14. The molecule has 2 heteroatoms. The highest BCUT2D eigenvalue weighted by Gasteiger charge is 2.09. The number of halogens is 1. The van der Waals surface area contributed by atoms with Crippen molar-refractivity contribution in [3.8, 4) is 11.1 Å². The van der Waals surface area contributed by atoms with Crippen LogP contribution in [-0.4, -0.2) is 0 Å². The summed E-state index contributed by atoms with van der Waals surface area (Å²) in [6, 6.07) is 20.4. The van der Waals surface area contributed by atoms with Gasteiger partial charge in [-0.3, -0.25) is 0 Å². The normalized spacial score (nSPS) is 11.3. The van der Waals surface area contributed by atoms with E-state index < -0.39 is 0 Å². The SMILES string of the molecule is Cc1ccc(Cl)cc1-c1ccc2oc3ccccc3c2c1. The summed E-state index contributed by atoms with van der Waals surface area (Å²) in [5.74, 6) is 0. The van der Waals surface area contributed by atoms with Crippen molar-refractivity contribution in [2.45, 2.75) is 6.92 Å². The fraction of sp³-hybridized carbons (Fsp3) is 0.0526. The number of benzene rings is 3. The molecule has 0 N–H and O–H groups in total. The molecule has 4 aromatic rings. The van der Waals surface area contributed by atoms with Crippen LogP contribution < -0.4 is 0 Å². The van der Waals surface area contributed by atoms with Crippen LogP contribution in [0.2, 0.25) is 5.02 Å². The Bertz CT molecular complexity index is 966. The maximum Gasteiger partial charge on any atom is 0.135 e. The quantitative estimate of drug-likeness (QED) is 0.406. The van der Waals surface area contributed by atoms with E-state index in [0.717, 1.165) is 38.1 Å². The van der Waals surface area contributed by atoms with E-state index in [2.05, 4.69) is 31.2 Å². The first-order valence-electron chi connectivity index (χ1n) is 6.90. The summed E-state index contributed by atoms with van der Waals surface area (Å²) in [6.45, 7) is 2.10. The molecule has 0 unspecified atom stereocenters. The topological polar surface area (TPSA) is 13.1 Å². The molecular weight excluding hydrogens is 280 g/mol. The lowest BCUT2D eigenvalue weighted by molar-refractivity contribution is 0.669. The molecule has 0 spiro atoms. The molecule has 0 radical (unpaired) electrons.